The largest absolute Gasteiger partial charge is 0.508 e. The second-order valence-corrected chi connectivity index (χ2v) is 5.45. The standard InChI is InChI=1S/C18H14O4/c1-21-12-4-7-13-10(8-12)2-5-15-14-6-3-11(19)9-16(14)22-18(20)17(13)15/h3-4,6-9,19H,2,5H2,1H3. The SMILES string of the molecule is COc1ccc2c(c1)CCc1c-2c(=O)oc2cc(O)ccc12. The fourth-order valence-corrected chi connectivity index (χ4v) is 3.19. The monoisotopic (exact) mass is 294 g/mol. The molecule has 0 spiro atoms. The molecule has 0 amide bonds. The molecule has 3 aromatic rings. The third-order valence-corrected chi connectivity index (χ3v) is 4.22. The number of phenolic OH excluding ortho intramolecular Hbond substituents is 1. The highest BCUT2D eigenvalue weighted by atomic mass is 16.5. The highest BCUT2D eigenvalue weighted by Crippen LogP contribution is 2.37. The number of ether oxygens (including phenoxy) is 1. The number of aromatic hydroxyl groups is 1. The molecule has 22 heavy (non-hydrogen) atoms. The summed E-state index contributed by atoms with van der Waals surface area (Å²) in [6.07, 6.45) is 1.61. The highest BCUT2D eigenvalue weighted by Gasteiger charge is 2.23. The van der Waals surface area contributed by atoms with Crippen LogP contribution >= 0.6 is 0 Å². The number of fused-ring (bicyclic) bond motifs is 5. The van der Waals surface area contributed by atoms with Crippen LogP contribution in [0, 0.1) is 0 Å². The maximum absolute atomic E-state index is 12.4. The van der Waals surface area contributed by atoms with Crippen molar-refractivity contribution in [3.63, 3.8) is 0 Å². The molecule has 0 radical (unpaired) electrons. The number of hydrogen-bond donors (Lipinski definition) is 1. The molecular weight excluding hydrogens is 280 g/mol. The first-order valence-electron chi connectivity index (χ1n) is 7.13. The Bertz CT molecular complexity index is 953. The molecule has 4 nitrogen and oxygen atoms in total. The van der Waals surface area contributed by atoms with Crippen molar-refractivity contribution in [1.82, 2.24) is 0 Å². The zero-order chi connectivity index (χ0) is 15.3. The summed E-state index contributed by atoms with van der Waals surface area (Å²) in [6, 6.07) is 10.6. The number of benzene rings is 2. The molecule has 0 saturated heterocycles. The molecular formula is C18H14O4. The second-order valence-electron chi connectivity index (χ2n) is 5.45. The van der Waals surface area contributed by atoms with E-state index in [9.17, 15) is 9.90 Å². The van der Waals surface area contributed by atoms with Gasteiger partial charge in [-0.3, -0.25) is 0 Å². The lowest BCUT2D eigenvalue weighted by Gasteiger charge is -2.20. The third kappa shape index (κ3) is 1.80. The molecule has 0 saturated carbocycles. The molecule has 0 atom stereocenters. The Morgan fingerprint density at radius 1 is 1.14 bits per heavy atom. The lowest BCUT2D eigenvalue weighted by Crippen LogP contribution is -2.14. The van der Waals surface area contributed by atoms with Crippen LogP contribution in [0.4, 0.5) is 0 Å². The van der Waals surface area contributed by atoms with Gasteiger partial charge in [0.15, 0.2) is 0 Å². The van der Waals surface area contributed by atoms with Gasteiger partial charge in [0.2, 0.25) is 0 Å². The van der Waals surface area contributed by atoms with Crippen LogP contribution in [0.1, 0.15) is 11.1 Å². The molecule has 1 N–H and O–H groups in total. The predicted molar refractivity (Wildman–Crippen MR) is 83.5 cm³/mol. The smallest absolute Gasteiger partial charge is 0.344 e. The molecule has 1 aromatic heterocycles. The van der Waals surface area contributed by atoms with E-state index in [1.165, 1.54) is 6.07 Å². The van der Waals surface area contributed by atoms with Gasteiger partial charge >= 0.3 is 5.63 Å². The average Bonchev–Trinajstić information content (AvgIpc) is 2.53. The average molecular weight is 294 g/mol. The van der Waals surface area contributed by atoms with Crippen molar-refractivity contribution in [2.45, 2.75) is 12.8 Å². The van der Waals surface area contributed by atoms with Gasteiger partial charge in [-0.25, -0.2) is 4.79 Å². The van der Waals surface area contributed by atoms with Crippen LogP contribution in [0.25, 0.3) is 22.1 Å². The molecule has 0 aliphatic heterocycles. The minimum atomic E-state index is -0.362. The molecule has 1 aliphatic rings. The van der Waals surface area contributed by atoms with E-state index >= 15 is 0 Å². The zero-order valence-corrected chi connectivity index (χ0v) is 12.1. The van der Waals surface area contributed by atoms with Crippen LogP contribution in [0.5, 0.6) is 11.5 Å². The predicted octanol–water partition coefficient (Wildman–Crippen LogP) is 3.27. The highest BCUT2D eigenvalue weighted by molar-refractivity contribution is 5.89. The van der Waals surface area contributed by atoms with E-state index in [0.29, 0.717) is 11.1 Å². The van der Waals surface area contributed by atoms with E-state index in [1.54, 1.807) is 19.2 Å². The Labute approximate surface area is 126 Å². The van der Waals surface area contributed by atoms with E-state index in [0.717, 1.165) is 40.7 Å². The second kappa shape index (κ2) is 4.63. The normalized spacial score (nSPS) is 12.8. The minimum absolute atomic E-state index is 0.0940. The van der Waals surface area contributed by atoms with Gasteiger partial charge in [-0.1, -0.05) is 6.07 Å². The number of phenols is 1. The Morgan fingerprint density at radius 2 is 2.00 bits per heavy atom. The lowest BCUT2D eigenvalue weighted by molar-refractivity contribution is 0.414. The van der Waals surface area contributed by atoms with Crippen molar-refractivity contribution < 1.29 is 14.3 Å². The fourth-order valence-electron chi connectivity index (χ4n) is 3.19. The first-order chi connectivity index (χ1) is 10.7. The molecule has 0 bridgehead atoms. The summed E-state index contributed by atoms with van der Waals surface area (Å²) in [5, 5.41) is 10.4. The lowest BCUT2D eigenvalue weighted by atomic mass is 9.85. The van der Waals surface area contributed by atoms with Gasteiger partial charge in [0.05, 0.1) is 12.7 Å². The van der Waals surface area contributed by atoms with Crippen LogP contribution in [-0.2, 0) is 12.8 Å². The number of aryl methyl sites for hydroxylation is 2. The maximum atomic E-state index is 12.4. The zero-order valence-electron chi connectivity index (χ0n) is 12.1. The van der Waals surface area contributed by atoms with Gasteiger partial charge in [-0.15, -0.1) is 0 Å². The van der Waals surface area contributed by atoms with Gasteiger partial charge in [0.1, 0.15) is 17.1 Å². The van der Waals surface area contributed by atoms with E-state index in [-0.39, 0.29) is 11.4 Å². The molecule has 0 unspecified atom stereocenters. The topological polar surface area (TPSA) is 59.7 Å². The summed E-state index contributed by atoms with van der Waals surface area (Å²) in [5.41, 5.74) is 3.69. The van der Waals surface area contributed by atoms with E-state index in [1.807, 2.05) is 18.2 Å². The van der Waals surface area contributed by atoms with Crippen molar-refractivity contribution in [3.05, 3.63) is 57.9 Å². The van der Waals surface area contributed by atoms with Crippen molar-refractivity contribution in [1.29, 1.82) is 0 Å². The van der Waals surface area contributed by atoms with Gasteiger partial charge < -0.3 is 14.3 Å². The van der Waals surface area contributed by atoms with Crippen molar-refractivity contribution >= 4 is 11.0 Å². The Kier molecular flexibility index (Phi) is 2.73. The molecule has 1 heterocycles. The van der Waals surface area contributed by atoms with E-state index in [2.05, 4.69) is 0 Å². The summed E-state index contributed by atoms with van der Waals surface area (Å²) >= 11 is 0. The third-order valence-electron chi connectivity index (χ3n) is 4.22. The molecule has 0 fully saturated rings. The maximum Gasteiger partial charge on any atom is 0.344 e. The molecule has 4 heteroatoms. The van der Waals surface area contributed by atoms with Crippen LogP contribution in [0.15, 0.2) is 45.6 Å². The van der Waals surface area contributed by atoms with Crippen LogP contribution < -0.4 is 10.4 Å². The molecule has 2 aromatic carbocycles. The summed E-state index contributed by atoms with van der Waals surface area (Å²) in [4.78, 5) is 12.4. The van der Waals surface area contributed by atoms with Gasteiger partial charge in [-0.2, -0.15) is 0 Å². The van der Waals surface area contributed by atoms with E-state index in [4.69, 9.17) is 9.15 Å². The van der Waals surface area contributed by atoms with E-state index < -0.39 is 0 Å². The summed E-state index contributed by atoms with van der Waals surface area (Å²) in [6.45, 7) is 0. The number of rotatable bonds is 1. The summed E-state index contributed by atoms with van der Waals surface area (Å²) in [7, 11) is 1.63. The number of methoxy groups -OCH3 is 1. The molecule has 1 aliphatic carbocycles. The summed E-state index contributed by atoms with van der Waals surface area (Å²) < 4.78 is 10.7. The fraction of sp³-hybridized carbons (Fsp3) is 0.167. The molecule has 4 rings (SSSR count). The van der Waals surface area contributed by atoms with Gasteiger partial charge in [-0.05, 0) is 53.8 Å². The first-order valence-corrected chi connectivity index (χ1v) is 7.13. The Hall–Kier alpha value is -2.75. The Morgan fingerprint density at radius 3 is 2.82 bits per heavy atom. The van der Waals surface area contributed by atoms with Crippen molar-refractivity contribution in [2.75, 3.05) is 7.11 Å². The van der Waals surface area contributed by atoms with Crippen LogP contribution in [0.2, 0.25) is 0 Å². The summed E-state index contributed by atoms with van der Waals surface area (Å²) in [5.74, 6) is 0.883. The van der Waals surface area contributed by atoms with Crippen molar-refractivity contribution in [3.8, 4) is 22.6 Å². The quantitative estimate of drug-likeness (QED) is 0.700. The minimum Gasteiger partial charge on any atom is -0.508 e. The van der Waals surface area contributed by atoms with Gasteiger partial charge in [0.25, 0.3) is 0 Å². The first kappa shape index (κ1) is 13.0. The molecule has 110 valence electrons. The Balaban J connectivity index is 2.05. The van der Waals surface area contributed by atoms with Crippen molar-refractivity contribution in [2.24, 2.45) is 0 Å². The van der Waals surface area contributed by atoms with Crippen LogP contribution in [0.3, 0.4) is 0 Å². The van der Waals surface area contributed by atoms with Gasteiger partial charge in [0, 0.05) is 11.5 Å². The number of hydrogen-bond acceptors (Lipinski definition) is 4. The van der Waals surface area contributed by atoms with Crippen LogP contribution in [-0.4, -0.2) is 12.2 Å².